The van der Waals surface area contributed by atoms with Crippen LogP contribution in [0, 0.1) is 13.8 Å². The van der Waals surface area contributed by atoms with Gasteiger partial charge >= 0.3 is 0 Å². The van der Waals surface area contributed by atoms with Gasteiger partial charge in [0.05, 0.1) is 19.4 Å². The molecule has 0 aromatic heterocycles. The summed E-state index contributed by atoms with van der Waals surface area (Å²) in [7, 11) is 3.56. The highest BCUT2D eigenvalue weighted by Crippen LogP contribution is 2.28. The van der Waals surface area contributed by atoms with E-state index in [1.165, 1.54) is 7.11 Å². The topological polar surface area (TPSA) is 52.5 Å². The molecule has 0 fully saturated rings. The fraction of sp³-hybridized carbons (Fsp3) is 0.550. The maximum Gasteiger partial charge on any atom is 0.125 e. The fourth-order valence-electron chi connectivity index (χ4n) is 2.34. The number of hydrogen-bond donors (Lipinski definition) is 0. The minimum atomic E-state index is 0.457. The van der Waals surface area contributed by atoms with Gasteiger partial charge in [0, 0.05) is 13.1 Å². The molecule has 0 saturated carbocycles. The molecular weight excluding hydrogens is 332 g/mol. The lowest BCUT2D eigenvalue weighted by Crippen LogP contribution is -2.28. The molecule has 6 nitrogen and oxygen atoms in total. The molecule has 0 unspecified atom stereocenters. The van der Waals surface area contributed by atoms with Crippen molar-refractivity contribution in [3.05, 3.63) is 35.4 Å². The summed E-state index contributed by atoms with van der Waals surface area (Å²) in [5.74, 6) is 1.81. The predicted molar refractivity (Wildman–Crippen MR) is 106 cm³/mol. The third kappa shape index (κ3) is 8.87. The first kappa shape index (κ1) is 22.0. The van der Waals surface area contributed by atoms with E-state index in [0.717, 1.165) is 35.7 Å². The van der Waals surface area contributed by atoms with Crippen LogP contribution in [0.25, 0.3) is 0 Å². The highest BCUT2D eigenvalue weighted by Gasteiger charge is 2.08. The maximum atomic E-state index is 5.99. The smallest absolute Gasteiger partial charge is 0.125 e. The molecule has 146 valence electrons. The molecule has 0 atom stereocenters. The summed E-state index contributed by atoms with van der Waals surface area (Å²) in [6, 6.07) is 4.04. The zero-order valence-corrected chi connectivity index (χ0v) is 16.7. The van der Waals surface area contributed by atoms with Crippen molar-refractivity contribution in [2.45, 2.75) is 20.8 Å². The Hall–Kier alpha value is -2.05. The average molecular weight is 364 g/mol. The molecule has 0 radical (unpaired) electrons. The first-order valence-electron chi connectivity index (χ1n) is 8.87. The number of allylic oxidation sites excluding steroid dienone is 1. The van der Waals surface area contributed by atoms with Gasteiger partial charge in [0.25, 0.3) is 0 Å². The normalized spacial score (nSPS) is 11.6. The van der Waals surface area contributed by atoms with Gasteiger partial charge < -0.3 is 23.9 Å². The number of aryl methyl sites for hydroxylation is 2. The molecule has 0 amide bonds. The monoisotopic (exact) mass is 364 g/mol. The second-order valence-electron chi connectivity index (χ2n) is 5.96. The molecule has 0 bridgehead atoms. The lowest BCUT2D eigenvalue weighted by Gasteiger charge is -2.18. The van der Waals surface area contributed by atoms with Crippen molar-refractivity contribution in [1.29, 1.82) is 0 Å². The SMILES string of the molecule is C/C=C/COc1cc(C)c(OCCN(C)CCOC/C=N/OC)c(C)c1. The largest absolute Gasteiger partial charge is 0.492 e. The molecule has 6 heteroatoms. The van der Waals surface area contributed by atoms with Gasteiger partial charge in [-0.15, -0.1) is 0 Å². The van der Waals surface area contributed by atoms with E-state index < -0.39 is 0 Å². The fourth-order valence-corrected chi connectivity index (χ4v) is 2.34. The number of hydrogen-bond acceptors (Lipinski definition) is 6. The van der Waals surface area contributed by atoms with Crippen LogP contribution in [0.5, 0.6) is 11.5 Å². The number of likely N-dealkylation sites (N-methyl/N-ethyl adjacent to an activating group) is 1. The zero-order valence-electron chi connectivity index (χ0n) is 16.7. The van der Waals surface area contributed by atoms with E-state index in [-0.39, 0.29) is 0 Å². The van der Waals surface area contributed by atoms with Gasteiger partial charge in [0.15, 0.2) is 0 Å². The number of nitrogens with zero attached hydrogens (tertiary/aromatic N) is 2. The van der Waals surface area contributed by atoms with Crippen LogP contribution in [0.2, 0.25) is 0 Å². The van der Waals surface area contributed by atoms with Crippen LogP contribution in [0.15, 0.2) is 29.4 Å². The van der Waals surface area contributed by atoms with Crippen molar-refractivity contribution in [1.82, 2.24) is 4.90 Å². The van der Waals surface area contributed by atoms with E-state index in [2.05, 4.69) is 14.9 Å². The quantitative estimate of drug-likeness (QED) is 0.233. The second-order valence-corrected chi connectivity index (χ2v) is 5.96. The third-order valence-electron chi connectivity index (χ3n) is 3.72. The van der Waals surface area contributed by atoms with E-state index in [9.17, 15) is 0 Å². The van der Waals surface area contributed by atoms with Crippen LogP contribution >= 0.6 is 0 Å². The van der Waals surface area contributed by atoms with Gasteiger partial charge in [0.2, 0.25) is 0 Å². The van der Waals surface area contributed by atoms with Gasteiger partial charge in [-0.05, 0) is 51.1 Å². The lowest BCUT2D eigenvalue weighted by atomic mass is 10.1. The maximum absolute atomic E-state index is 5.99. The van der Waals surface area contributed by atoms with Crippen molar-refractivity contribution >= 4 is 6.21 Å². The first-order chi connectivity index (χ1) is 12.6. The highest BCUT2D eigenvalue weighted by atomic mass is 16.6. The second kappa shape index (κ2) is 13.2. The Morgan fingerprint density at radius 1 is 1.04 bits per heavy atom. The summed E-state index contributed by atoms with van der Waals surface area (Å²) in [6.45, 7) is 10.0. The van der Waals surface area contributed by atoms with E-state index in [1.54, 1.807) is 6.21 Å². The number of oxime groups is 1. The molecule has 1 aromatic rings. The summed E-state index contributed by atoms with van der Waals surface area (Å²) in [4.78, 5) is 6.74. The Kier molecular flexibility index (Phi) is 11.2. The average Bonchev–Trinajstić information content (AvgIpc) is 2.60. The van der Waals surface area contributed by atoms with Gasteiger partial charge in [-0.3, -0.25) is 0 Å². The molecule has 1 aromatic carbocycles. The predicted octanol–water partition coefficient (Wildman–Crippen LogP) is 3.22. The van der Waals surface area contributed by atoms with Gasteiger partial charge in [-0.25, -0.2) is 0 Å². The van der Waals surface area contributed by atoms with E-state index in [1.807, 2.05) is 52.1 Å². The Labute approximate surface area is 157 Å². The summed E-state index contributed by atoms with van der Waals surface area (Å²) < 4.78 is 17.1. The van der Waals surface area contributed by atoms with Crippen LogP contribution in [0.4, 0.5) is 0 Å². The Bertz CT molecular complexity index is 550. The zero-order chi connectivity index (χ0) is 19.2. The summed E-state index contributed by atoms with van der Waals surface area (Å²) in [5, 5.41) is 3.62. The summed E-state index contributed by atoms with van der Waals surface area (Å²) in [5.41, 5.74) is 2.17. The Morgan fingerprint density at radius 3 is 2.38 bits per heavy atom. The Morgan fingerprint density at radius 2 is 1.73 bits per heavy atom. The molecule has 0 aliphatic heterocycles. The molecule has 0 aliphatic rings. The van der Waals surface area contributed by atoms with Crippen LogP contribution in [-0.4, -0.2) is 64.8 Å². The van der Waals surface area contributed by atoms with Crippen molar-refractivity contribution < 1.29 is 19.0 Å². The molecule has 0 N–H and O–H groups in total. The van der Waals surface area contributed by atoms with Gasteiger partial charge in [-0.1, -0.05) is 17.3 Å². The number of rotatable bonds is 13. The first-order valence-corrected chi connectivity index (χ1v) is 8.87. The van der Waals surface area contributed by atoms with Crippen LogP contribution < -0.4 is 9.47 Å². The number of benzene rings is 1. The van der Waals surface area contributed by atoms with E-state index in [0.29, 0.717) is 26.4 Å². The van der Waals surface area contributed by atoms with Crippen molar-refractivity contribution in [3.63, 3.8) is 0 Å². The standard InChI is InChI=1S/C20H32N2O4/c1-6-7-11-25-19-15-17(2)20(18(3)16-19)26-14-10-22(4)9-13-24-12-8-21-23-5/h6-8,15-16H,9-14H2,1-5H3/b7-6+,21-8+. The van der Waals surface area contributed by atoms with E-state index >= 15 is 0 Å². The minimum Gasteiger partial charge on any atom is -0.492 e. The lowest BCUT2D eigenvalue weighted by molar-refractivity contribution is 0.132. The molecule has 0 spiro atoms. The van der Waals surface area contributed by atoms with Crippen LogP contribution in [0.3, 0.4) is 0 Å². The molecule has 1 rings (SSSR count). The van der Waals surface area contributed by atoms with Crippen LogP contribution in [-0.2, 0) is 9.57 Å². The number of ether oxygens (including phenoxy) is 3. The molecule has 26 heavy (non-hydrogen) atoms. The third-order valence-corrected chi connectivity index (χ3v) is 3.72. The summed E-state index contributed by atoms with van der Waals surface area (Å²) in [6.07, 6.45) is 5.56. The van der Waals surface area contributed by atoms with Gasteiger partial charge in [-0.2, -0.15) is 0 Å². The van der Waals surface area contributed by atoms with E-state index in [4.69, 9.17) is 14.2 Å². The van der Waals surface area contributed by atoms with Gasteiger partial charge in [0.1, 0.15) is 31.8 Å². The minimum absolute atomic E-state index is 0.457. The van der Waals surface area contributed by atoms with Crippen LogP contribution in [0.1, 0.15) is 18.1 Å². The van der Waals surface area contributed by atoms with Crippen molar-refractivity contribution in [2.75, 3.05) is 53.7 Å². The van der Waals surface area contributed by atoms with Crippen molar-refractivity contribution in [3.8, 4) is 11.5 Å². The highest BCUT2D eigenvalue weighted by molar-refractivity contribution is 5.57. The molecule has 0 aliphatic carbocycles. The molecule has 0 heterocycles. The molecule has 0 saturated heterocycles. The Balaban J connectivity index is 2.34. The molecular formula is C20H32N2O4. The van der Waals surface area contributed by atoms with Crippen molar-refractivity contribution in [2.24, 2.45) is 5.16 Å². The summed E-state index contributed by atoms with van der Waals surface area (Å²) >= 11 is 0.